The summed E-state index contributed by atoms with van der Waals surface area (Å²) in [5, 5.41) is 8.17. The van der Waals surface area contributed by atoms with Gasteiger partial charge in [0.2, 0.25) is 0 Å². The molecule has 0 atom stereocenters. The van der Waals surface area contributed by atoms with Crippen LogP contribution in [0.25, 0.3) is 11.4 Å². The van der Waals surface area contributed by atoms with Crippen molar-refractivity contribution in [3.8, 4) is 11.4 Å². The van der Waals surface area contributed by atoms with Crippen molar-refractivity contribution in [1.82, 2.24) is 14.8 Å². The molecular weight excluding hydrogens is 188 g/mol. The lowest BCUT2D eigenvalue weighted by Crippen LogP contribution is -2.00. The quantitative estimate of drug-likeness (QED) is 0.716. The second kappa shape index (κ2) is 3.38. The zero-order chi connectivity index (χ0) is 11.0. The van der Waals surface area contributed by atoms with E-state index in [4.69, 9.17) is 5.73 Å². The molecule has 0 bridgehead atoms. The monoisotopic (exact) mass is 202 g/mol. The number of aryl methyl sites for hydroxylation is 2. The van der Waals surface area contributed by atoms with Crippen molar-refractivity contribution in [2.45, 2.75) is 13.8 Å². The Morgan fingerprint density at radius 1 is 1.20 bits per heavy atom. The first-order valence-corrected chi connectivity index (χ1v) is 4.82. The lowest BCUT2D eigenvalue weighted by Gasteiger charge is -2.08. The lowest BCUT2D eigenvalue weighted by atomic mass is 10.1. The molecule has 2 N–H and O–H groups in total. The number of benzene rings is 1. The zero-order valence-electron chi connectivity index (χ0n) is 9.15. The fraction of sp³-hybridized carbons (Fsp3) is 0.273. The van der Waals surface area contributed by atoms with Gasteiger partial charge in [-0.2, -0.15) is 0 Å². The molecule has 0 radical (unpaired) electrons. The van der Waals surface area contributed by atoms with Crippen LogP contribution < -0.4 is 5.73 Å². The Labute approximate surface area is 88.8 Å². The maximum Gasteiger partial charge on any atom is 0.166 e. The average molecular weight is 202 g/mol. The Kier molecular flexibility index (Phi) is 2.19. The van der Waals surface area contributed by atoms with Crippen LogP contribution in [-0.4, -0.2) is 14.8 Å². The Bertz CT molecular complexity index is 479. The number of hydrogen-bond donors (Lipinski definition) is 1. The normalized spacial score (nSPS) is 10.6. The molecule has 0 aliphatic carbocycles. The predicted octanol–water partition coefficient (Wildman–Crippen LogP) is 1.68. The molecule has 0 unspecified atom stereocenters. The van der Waals surface area contributed by atoms with E-state index in [9.17, 15) is 0 Å². The number of anilines is 1. The van der Waals surface area contributed by atoms with Gasteiger partial charge in [-0.1, -0.05) is 12.1 Å². The molecule has 1 aromatic heterocycles. The third kappa shape index (κ3) is 1.48. The van der Waals surface area contributed by atoms with Crippen LogP contribution in [0.5, 0.6) is 0 Å². The van der Waals surface area contributed by atoms with Gasteiger partial charge in [0, 0.05) is 18.3 Å². The molecule has 78 valence electrons. The molecule has 0 saturated heterocycles. The van der Waals surface area contributed by atoms with Gasteiger partial charge in [-0.15, -0.1) is 10.2 Å². The summed E-state index contributed by atoms with van der Waals surface area (Å²) in [6, 6.07) is 5.85. The SMILES string of the molecule is Cc1cccc(N)c1-c1nnc(C)n1C. The molecule has 4 heteroatoms. The molecule has 0 aliphatic rings. The highest BCUT2D eigenvalue weighted by atomic mass is 15.3. The van der Waals surface area contributed by atoms with Crippen molar-refractivity contribution < 1.29 is 0 Å². The molecule has 15 heavy (non-hydrogen) atoms. The Morgan fingerprint density at radius 3 is 2.47 bits per heavy atom. The smallest absolute Gasteiger partial charge is 0.166 e. The number of nitrogen functional groups attached to an aromatic ring is 1. The lowest BCUT2D eigenvalue weighted by molar-refractivity contribution is 0.864. The first-order valence-electron chi connectivity index (χ1n) is 4.82. The van der Waals surface area contributed by atoms with E-state index in [0.29, 0.717) is 0 Å². The summed E-state index contributed by atoms with van der Waals surface area (Å²) in [5.74, 6) is 1.70. The fourth-order valence-corrected chi connectivity index (χ4v) is 1.62. The molecule has 4 nitrogen and oxygen atoms in total. The van der Waals surface area contributed by atoms with Crippen LogP contribution in [0.2, 0.25) is 0 Å². The highest BCUT2D eigenvalue weighted by Crippen LogP contribution is 2.27. The standard InChI is InChI=1S/C11H14N4/c1-7-5-4-6-9(12)10(7)11-14-13-8(2)15(11)3/h4-6H,12H2,1-3H3. The molecule has 0 spiro atoms. The van der Waals surface area contributed by atoms with Crippen molar-refractivity contribution in [2.75, 3.05) is 5.73 Å². The summed E-state index contributed by atoms with van der Waals surface area (Å²) >= 11 is 0. The van der Waals surface area contributed by atoms with Crippen molar-refractivity contribution in [1.29, 1.82) is 0 Å². The summed E-state index contributed by atoms with van der Waals surface area (Å²) in [6.45, 7) is 3.95. The summed E-state index contributed by atoms with van der Waals surface area (Å²) in [5.41, 5.74) is 8.78. The Hall–Kier alpha value is -1.84. The van der Waals surface area contributed by atoms with E-state index < -0.39 is 0 Å². The van der Waals surface area contributed by atoms with E-state index >= 15 is 0 Å². The van der Waals surface area contributed by atoms with E-state index in [-0.39, 0.29) is 0 Å². The largest absolute Gasteiger partial charge is 0.398 e. The van der Waals surface area contributed by atoms with Crippen LogP contribution in [0, 0.1) is 13.8 Å². The first kappa shape index (κ1) is 9.71. The van der Waals surface area contributed by atoms with Crippen LogP contribution in [-0.2, 0) is 7.05 Å². The van der Waals surface area contributed by atoms with E-state index in [0.717, 1.165) is 28.5 Å². The zero-order valence-corrected chi connectivity index (χ0v) is 9.15. The number of aromatic nitrogens is 3. The molecule has 0 fully saturated rings. The van der Waals surface area contributed by atoms with Crippen molar-refractivity contribution in [3.05, 3.63) is 29.6 Å². The van der Waals surface area contributed by atoms with E-state index in [1.165, 1.54) is 0 Å². The second-order valence-corrected chi connectivity index (χ2v) is 3.67. The van der Waals surface area contributed by atoms with Gasteiger partial charge in [0.05, 0.1) is 0 Å². The minimum absolute atomic E-state index is 0.741. The van der Waals surface area contributed by atoms with Gasteiger partial charge in [0.25, 0.3) is 0 Å². The van der Waals surface area contributed by atoms with Crippen LogP contribution >= 0.6 is 0 Å². The molecule has 0 amide bonds. The third-order valence-electron chi connectivity index (χ3n) is 2.62. The van der Waals surface area contributed by atoms with Crippen molar-refractivity contribution >= 4 is 5.69 Å². The van der Waals surface area contributed by atoms with Gasteiger partial charge in [-0.05, 0) is 25.5 Å². The fourth-order valence-electron chi connectivity index (χ4n) is 1.62. The van der Waals surface area contributed by atoms with E-state index in [1.807, 2.05) is 43.7 Å². The average Bonchev–Trinajstić information content (AvgIpc) is 2.49. The van der Waals surface area contributed by atoms with Crippen LogP contribution in [0.3, 0.4) is 0 Å². The molecule has 0 saturated carbocycles. The van der Waals surface area contributed by atoms with Crippen LogP contribution in [0.15, 0.2) is 18.2 Å². The maximum absolute atomic E-state index is 5.95. The van der Waals surface area contributed by atoms with Gasteiger partial charge in [0.1, 0.15) is 5.82 Å². The topological polar surface area (TPSA) is 56.7 Å². The minimum Gasteiger partial charge on any atom is -0.398 e. The Morgan fingerprint density at radius 2 is 1.93 bits per heavy atom. The van der Waals surface area contributed by atoms with Gasteiger partial charge in [-0.3, -0.25) is 0 Å². The van der Waals surface area contributed by atoms with Gasteiger partial charge >= 0.3 is 0 Å². The molecular formula is C11H14N4. The molecule has 1 heterocycles. The highest BCUT2D eigenvalue weighted by Gasteiger charge is 2.12. The van der Waals surface area contributed by atoms with E-state index in [2.05, 4.69) is 10.2 Å². The van der Waals surface area contributed by atoms with Gasteiger partial charge in [-0.25, -0.2) is 0 Å². The number of nitrogens with two attached hydrogens (primary N) is 1. The van der Waals surface area contributed by atoms with Crippen LogP contribution in [0.1, 0.15) is 11.4 Å². The summed E-state index contributed by atoms with van der Waals surface area (Å²) < 4.78 is 1.94. The summed E-state index contributed by atoms with van der Waals surface area (Å²) in [4.78, 5) is 0. The Balaban J connectivity index is 2.69. The summed E-state index contributed by atoms with van der Waals surface area (Å²) in [7, 11) is 1.94. The van der Waals surface area contributed by atoms with Crippen molar-refractivity contribution in [3.63, 3.8) is 0 Å². The number of hydrogen-bond acceptors (Lipinski definition) is 3. The molecule has 1 aromatic carbocycles. The van der Waals surface area contributed by atoms with Gasteiger partial charge in [0.15, 0.2) is 5.82 Å². The predicted molar refractivity (Wildman–Crippen MR) is 60.3 cm³/mol. The maximum atomic E-state index is 5.95. The second-order valence-electron chi connectivity index (χ2n) is 3.67. The summed E-state index contributed by atoms with van der Waals surface area (Å²) in [6.07, 6.45) is 0. The number of nitrogens with zero attached hydrogens (tertiary/aromatic N) is 3. The van der Waals surface area contributed by atoms with Gasteiger partial charge < -0.3 is 10.3 Å². The first-order chi connectivity index (χ1) is 7.11. The molecule has 2 rings (SSSR count). The molecule has 0 aliphatic heterocycles. The molecule has 2 aromatic rings. The highest BCUT2D eigenvalue weighted by molar-refractivity contribution is 5.74. The third-order valence-corrected chi connectivity index (χ3v) is 2.62. The van der Waals surface area contributed by atoms with Crippen LogP contribution in [0.4, 0.5) is 5.69 Å². The van der Waals surface area contributed by atoms with Crippen molar-refractivity contribution in [2.24, 2.45) is 7.05 Å². The number of rotatable bonds is 1. The minimum atomic E-state index is 0.741. The van der Waals surface area contributed by atoms with E-state index in [1.54, 1.807) is 0 Å².